The third kappa shape index (κ3) is 5.10. The van der Waals surface area contributed by atoms with Crippen LogP contribution in [0, 0.1) is 17.2 Å². The van der Waals surface area contributed by atoms with Gasteiger partial charge in [0.05, 0.1) is 6.07 Å². The first-order chi connectivity index (χ1) is 4.16. The average molecular weight is 123 g/mol. The zero-order valence-electron chi connectivity index (χ0n) is 6.31. The number of hydrogen-bond acceptors (Lipinski definition) is 1. The third-order valence-corrected chi connectivity index (χ3v) is 1.10. The maximum atomic E-state index is 8.37. The largest absolute Gasteiger partial charge is 0.198 e. The average Bonchev–Trinajstić information content (AvgIpc) is 1.83. The molecule has 0 radical (unpaired) electrons. The van der Waals surface area contributed by atoms with Gasteiger partial charge in [-0.05, 0) is 27.2 Å². The van der Waals surface area contributed by atoms with Crippen molar-refractivity contribution in [3.63, 3.8) is 0 Å². The molecule has 0 saturated heterocycles. The van der Waals surface area contributed by atoms with E-state index in [1.165, 1.54) is 5.57 Å². The van der Waals surface area contributed by atoms with Crippen LogP contribution in [0.2, 0.25) is 0 Å². The van der Waals surface area contributed by atoms with Crippen LogP contribution >= 0.6 is 0 Å². The second-order valence-corrected chi connectivity index (χ2v) is 2.55. The van der Waals surface area contributed by atoms with E-state index in [1.54, 1.807) is 0 Å². The van der Waals surface area contributed by atoms with Gasteiger partial charge < -0.3 is 0 Å². The Kier molecular flexibility index (Phi) is 3.79. The summed E-state index contributed by atoms with van der Waals surface area (Å²) in [7, 11) is 0. The van der Waals surface area contributed by atoms with Crippen LogP contribution in [0.25, 0.3) is 0 Å². The number of nitriles is 1. The van der Waals surface area contributed by atoms with Gasteiger partial charge in [0.15, 0.2) is 0 Å². The van der Waals surface area contributed by atoms with Crippen molar-refractivity contribution in [2.24, 2.45) is 5.92 Å². The highest BCUT2D eigenvalue weighted by Crippen LogP contribution is 2.02. The van der Waals surface area contributed by atoms with Crippen LogP contribution < -0.4 is 0 Å². The molecule has 0 bridgehead atoms. The lowest BCUT2D eigenvalue weighted by Crippen LogP contribution is -1.85. The lowest BCUT2D eigenvalue weighted by molar-refractivity contribution is 0.756. The molecule has 1 unspecified atom stereocenters. The molecule has 0 aromatic carbocycles. The minimum Gasteiger partial charge on any atom is -0.198 e. The van der Waals surface area contributed by atoms with Gasteiger partial charge in [0, 0.05) is 5.92 Å². The van der Waals surface area contributed by atoms with Gasteiger partial charge in [0.2, 0.25) is 0 Å². The van der Waals surface area contributed by atoms with Crippen molar-refractivity contribution < 1.29 is 0 Å². The van der Waals surface area contributed by atoms with Gasteiger partial charge in [-0.1, -0.05) is 11.6 Å². The van der Waals surface area contributed by atoms with Gasteiger partial charge in [-0.25, -0.2) is 0 Å². The van der Waals surface area contributed by atoms with Crippen LogP contribution in [0.15, 0.2) is 11.6 Å². The second kappa shape index (κ2) is 4.14. The SMILES string of the molecule is CC(C)=CCC(C)C#N. The molecule has 0 aliphatic carbocycles. The summed E-state index contributed by atoms with van der Waals surface area (Å²) in [6, 6.07) is 2.18. The molecule has 0 rings (SSSR count). The van der Waals surface area contributed by atoms with Crippen molar-refractivity contribution in [2.45, 2.75) is 27.2 Å². The second-order valence-electron chi connectivity index (χ2n) is 2.55. The number of hydrogen-bond donors (Lipinski definition) is 0. The van der Waals surface area contributed by atoms with Crippen molar-refractivity contribution in [3.05, 3.63) is 11.6 Å². The number of nitrogens with zero attached hydrogens (tertiary/aromatic N) is 1. The molecule has 0 aromatic heterocycles. The molecular formula is C8H13N. The molecule has 1 atom stereocenters. The Hall–Kier alpha value is -0.770. The lowest BCUT2D eigenvalue weighted by Gasteiger charge is -1.94. The maximum absolute atomic E-state index is 8.37. The first-order valence-corrected chi connectivity index (χ1v) is 3.19. The van der Waals surface area contributed by atoms with Crippen LogP contribution in [0.1, 0.15) is 27.2 Å². The van der Waals surface area contributed by atoms with E-state index in [-0.39, 0.29) is 5.92 Å². The topological polar surface area (TPSA) is 23.8 Å². The summed E-state index contributed by atoms with van der Waals surface area (Å²) in [6.07, 6.45) is 2.98. The summed E-state index contributed by atoms with van der Waals surface area (Å²) >= 11 is 0. The molecule has 0 N–H and O–H groups in total. The van der Waals surface area contributed by atoms with Gasteiger partial charge in [0.25, 0.3) is 0 Å². The predicted molar refractivity (Wildman–Crippen MR) is 38.8 cm³/mol. The van der Waals surface area contributed by atoms with Crippen LogP contribution in [-0.2, 0) is 0 Å². The Morgan fingerprint density at radius 1 is 1.67 bits per heavy atom. The molecule has 0 fully saturated rings. The third-order valence-electron chi connectivity index (χ3n) is 1.10. The first-order valence-electron chi connectivity index (χ1n) is 3.19. The highest BCUT2D eigenvalue weighted by Gasteiger charge is 1.93. The van der Waals surface area contributed by atoms with Crippen molar-refractivity contribution in [1.82, 2.24) is 0 Å². The van der Waals surface area contributed by atoms with Crippen LogP contribution in [0.4, 0.5) is 0 Å². The quantitative estimate of drug-likeness (QED) is 0.517. The summed E-state index contributed by atoms with van der Waals surface area (Å²) in [5.41, 5.74) is 1.29. The Bertz CT molecular complexity index is 135. The molecule has 0 saturated carbocycles. The van der Waals surface area contributed by atoms with E-state index < -0.39 is 0 Å². The van der Waals surface area contributed by atoms with Crippen molar-refractivity contribution >= 4 is 0 Å². The smallest absolute Gasteiger partial charge is 0.0656 e. The molecule has 0 heterocycles. The Morgan fingerprint density at radius 2 is 2.22 bits per heavy atom. The van der Waals surface area contributed by atoms with Gasteiger partial charge in [-0.3, -0.25) is 0 Å². The van der Waals surface area contributed by atoms with E-state index in [1.807, 2.05) is 20.8 Å². The van der Waals surface area contributed by atoms with Crippen molar-refractivity contribution in [3.8, 4) is 6.07 Å². The molecule has 0 amide bonds. The summed E-state index contributed by atoms with van der Waals surface area (Å²) in [4.78, 5) is 0. The van der Waals surface area contributed by atoms with Gasteiger partial charge in [-0.15, -0.1) is 0 Å². The van der Waals surface area contributed by atoms with Gasteiger partial charge >= 0.3 is 0 Å². The highest BCUT2D eigenvalue weighted by molar-refractivity contribution is 4.96. The summed E-state index contributed by atoms with van der Waals surface area (Å²) < 4.78 is 0. The van der Waals surface area contributed by atoms with E-state index in [9.17, 15) is 0 Å². The molecule has 0 aromatic rings. The molecule has 0 aliphatic rings. The molecule has 0 spiro atoms. The van der Waals surface area contributed by atoms with Crippen LogP contribution in [0.5, 0.6) is 0 Å². The normalized spacial score (nSPS) is 11.8. The fourth-order valence-corrected chi connectivity index (χ4v) is 0.465. The van der Waals surface area contributed by atoms with Crippen LogP contribution in [-0.4, -0.2) is 0 Å². The monoisotopic (exact) mass is 123 g/mol. The zero-order chi connectivity index (χ0) is 7.28. The van der Waals surface area contributed by atoms with Crippen molar-refractivity contribution in [2.75, 3.05) is 0 Å². The summed E-state index contributed by atoms with van der Waals surface area (Å²) in [6.45, 7) is 6.02. The summed E-state index contributed by atoms with van der Waals surface area (Å²) in [5, 5.41) is 8.37. The maximum Gasteiger partial charge on any atom is 0.0656 e. The summed E-state index contributed by atoms with van der Waals surface area (Å²) in [5.74, 6) is 0.167. The molecule has 9 heavy (non-hydrogen) atoms. The first kappa shape index (κ1) is 8.23. The Morgan fingerprint density at radius 3 is 2.56 bits per heavy atom. The van der Waals surface area contributed by atoms with E-state index in [0.29, 0.717) is 0 Å². The van der Waals surface area contributed by atoms with Crippen LogP contribution in [0.3, 0.4) is 0 Å². The zero-order valence-corrected chi connectivity index (χ0v) is 6.31. The van der Waals surface area contributed by atoms with Gasteiger partial charge in [0.1, 0.15) is 0 Å². The van der Waals surface area contributed by atoms with E-state index >= 15 is 0 Å². The lowest BCUT2D eigenvalue weighted by atomic mass is 10.1. The minimum atomic E-state index is 0.167. The van der Waals surface area contributed by atoms with Crippen molar-refractivity contribution in [1.29, 1.82) is 5.26 Å². The molecular weight excluding hydrogens is 110 g/mol. The number of allylic oxidation sites excluding steroid dienone is 2. The molecule has 0 aliphatic heterocycles. The molecule has 50 valence electrons. The minimum absolute atomic E-state index is 0.167. The van der Waals surface area contributed by atoms with Gasteiger partial charge in [-0.2, -0.15) is 5.26 Å². The predicted octanol–water partition coefficient (Wildman–Crippen LogP) is 2.50. The number of rotatable bonds is 2. The van der Waals surface area contributed by atoms with E-state index in [0.717, 1.165) is 6.42 Å². The Labute approximate surface area is 57.0 Å². The fraction of sp³-hybridized carbons (Fsp3) is 0.625. The van der Waals surface area contributed by atoms with E-state index in [4.69, 9.17) is 5.26 Å². The standard InChI is InChI=1S/C8H13N/c1-7(2)4-5-8(3)6-9/h4,8H,5H2,1-3H3. The highest BCUT2D eigenvalue weighted by atomic mass is 14.2. The molecule has 1 heteroatoms. The van der Waals surface area contributed by atoms with E-state index in [2.05, 4.69) is 12.1 Å². The Balaban J connectivity index is 3.53. The molecule has 1 nitrogen and oxygen atoms in total. The fourth-order valence-electron chi connectivity index (χ4n) is 0.465.